The van der Waals surface area contributed by atoms with Gasteiger partial charge in [0.05, 0.1) is 10.3 Å². The fourth-order valence-electron chi connectivity index (χ4n) is 3.63. The fourth-order valence-corrected chi connectivity index (χ4v) is 10.9. The summed E-state index contributed by atoms with van der Waals surface area (Å²) in [5.41, 5.74) is 0. The summed E-state index contributed by atoms with van der Waals surface area (Å²) in [7, 11) is -1.90. The average Bonchev–Trinajstić information content (AvgIpc) is 2.44. The molecule has 0 N–H and O–H groups in total. The van der Waals surface area contributed by atoms with Crippen LogP contribution in [0.25, 0.3) is 0 Å². The first-order valence-corrected chi connectivity index (χ1v) is 12.7. The molecule has 0 saturated carbocycles. The third kappa shape index (κ3) is 21.7. The molecule has 0 saturated heterocycles. The maximum absolute atomic E-state index is 5.18. The first kappa shape index (κ1) is 36.3. The topological polar surface area (TPSA) is 27.7 Å². The summed E-state index contributed by atoms with van der Waals surface area (Å²) < 4.78 is 15.5. The quantitative estimate of drug-likeness (QED) is 0.129. The molecule has 0 spiro atoms. The SMILES string of the molecule is C=CC[CH2-].CCO[Si](OCC)OCC.[CH2-]C(C)(C)[PH+](C(C)(C)C)C(C)(C)C.[Pt]. The van der Waals surface area contributed by atoms with E-state index < -0.39 is 17.4 Å². The predicted molar refractivity (Wildman–Crippen MR) is 128 cm³/mol. The van der Waals surface area contributed by atoms with Gasteiger partial charge in [-0.1, -0.05) is 13.8 Å². The van der Waals surface area contributed by atoms with Crippen molar-refractivity contribution in [3.63, 3.8) is 0 Å². The van der Waals surface area contributed by atoms with Gasteiger partial charge in [0, 0.05) is 40.9 Å². The molecule has 0 aromatic carbocycles. The first-order valence-electron chi connectivity index (χ1n) is 10.0. The number of hydrogen-bond donors (Lipinski definition) is 0. The van der Waals surface area contributed by atoms with Crippen LogP contribution in [0, 0.1) is 13.8 Å². The van der Waals surface area contributed by atoms with E-state index in [4.69, 9.17) is 13.3 Å². The molecule has 0 aromatic heterocycles. The molecule has 0 heterocycles. The van der Waals surface area contributed by atoms with Gasteiger partial charge >= 0.3 is 9.53 Å². The average molecular weight is 616 g/mol. The van der Waals surface area contributed by atoms with Crippen molar-refractivity contribution >= 4 is 17.4 Å². The Bertz CT molecular complexity index is 300. The summed E-state index contributed by atoms with van der Waals surface area (Å²) in [6, 6.07) is 0. The van der Waals surface area contributed by atoms with Crippen LogP contribution in [0.1, 0.15) is 82.6 Å². The van der Waals surface area contributed by atoms with E-state index in [1.165, 1.54) is 0 Å². The zero-order valence-corrected chi connectivity index (χ0v) is 24.8. The van der Waals surface area contributed by atoms with Gasteiger partial charge in [-0.25, -0.2) is 0 Å². The molecule has 0 aliphatic rings. The monoisotopic (exact) mass is 615 g/mol. The summed E-state index contributed by atoms with van der Waals surface area (Å²) >= 11 is 0. The van der Waals surface area contributed by atoms with E-state index in [0.717, 1.165) is 6.42 Å². The van der Waals surface area contributed by atoms with Gasteiger partial charge in [-0.15, -0.1) is 12.7 Å². The zero-order valence-electron chi connectivity index (χ0n) is 20.6. The van der Waals surface area contributed by atoms with Crippen LogP contribution in [0.2, 0.25) is 0 Å². The maximum atomic E-state index is 5.18. The molecule has 0 amide bonds. The van der Waals surface area contributed by atoms with Crippen molar-refractivity contribution in [2.45, 2.75) is 98.1 Å². The summed E-state index contributed by atoms with van der Waals surface area (Å²) in [5.74, 6) is 0. The van der Waals surface area contributed by atoms with Crippen molar-refractivity contribution in [3.8, 4) is 0 Å². The second kappa shape index (κ2) is 18.7. The van der Waals surface area contributed by atoms with E-state index >= 15 is 0 Å². The molecular formula is C22H49O3PPtSi-. The van der Waals surface area contributed by atoms with Crippen LogP contribution in [-0.4, -0.2) is 44.8 Å². The summed E-state index contributed by atoms with van der Waals surface area (Å²) in [5, 5.41) is 1.09. The van der Waals surface area contributed by atoms with Crippen LogP contribution >= 0.6 is 7.92 Å². The van der Waals surface area contributed by atoms with Gasteiger partial charge in [0.1, 0.15) is 0 Å². The molecule has 0 rings (SSSR count). The number of rotatable bonds is 8. The Kier molecular flexibility index (Phi) is 24.3. The van der Waals surface area contributed by atoms with Crippen molar-refractivity contribution in [1.29, 1.82) is 0 Å². The van der Waals surface area contributed by atoms with E-state index in [1.807, 2.05) is 20.8 Å². The van der Waals surface area contributed by atoms with Crippen LogP contribution in [0.15, 0.2) is 12.7 Å². The Morgan fingerprint density at radius 3 is 1.14 bits per heavy atom. The molecule has 0 unspecified atom stereocenters. The number of hydrogen-bond acceptors (Lipinski definition) is 3. The molecule has 3 nitrogen and oxygen atoms in total. The molecule has 0 aromatic rings. The molecule has 0 aliphatic heterocycles. The minimum atomic E-state index is -1.40. The van der Waals surface area contributed by atoms with Gasteiger partial charge in [-0.3, -0.25) is 0 Å². The third-order valence-electron chi connectivity index (χ3n) is 3.17. The van der Waals surface area contributed by atoms with Crippen LogP contribution in [0.4, 0.5) is 0 Å². The normalized spacial score (nSPS) is 11.8. The van der Waals surface area contributed by atoms with E-state index in [1.54, 1.807) is 6.08 Å². The Morgan fingerprint density at radius 1 is 0.821 bits per heavy atom. The molecule has 0 aliphatic carbocycles. The van der Waals surface area contributed by atoms with Crippen LogP contribution in [0.5, 0.6) is 0 Å². The van der Waals surface area contributed by atoms with Crippen molar-refractivity contribution < 1.29 is 34.3 Å². The summed E-state index contributed by atoms with van der Waals surface area (Å²) in [6.07, 6.45) is 2.60. The van der Waals surface area contributed by atoms with E-state index in [9.17, 15) is 0 Å². The number of allylic oxidation sites excluding steroid dienone is 1. The Balaban J connectivity index is -0.000000171. The van der Waals surface area contributed by atoms with Gasteiger partial charge in [-0.2, -0.15) is 6.42 Å². The minimum absolute atomic E-state index is 0. The Labute approximate surface area is 195 Å². The van der Waals surface area contributed by atoms with E-state index in [-0.39, 0.29) is 26.2 Å². The molecule has 1 radical (unpaired) electrons. The van der Waals surface area contributed by atoms with Crippen LogP contribution < -0.4 is 0 Å². The maximum Gasteiger partial charge on any atom is 0.577 e. The van der Waals surface area contributed by atoms with Crippen molar-refractivity contribution in [2.75, 3.05) is 19.8 Å². The van der Waals surface area contributed by atoms with Gasteiger partial charge < -0.3 is 27.1 Å². The first-order chi connectivity index (χ1) is 12.1. The molecule has 0 fully saturated rings. The molecule has 28 heavy (non-hydrogen) atoms. The van der Waals surface area contributed by atoms with Gasteiger partial charge in [0.2, 0.25) is 0 Å². The third-order valence-corrected chi connectivity index (χ3v) is 9.09. The molecule has 6 heteroatoms. The Hall–Kier alpha value is 0.955. The standard InChI is InChI=1S/C12H26P.C6H15O3Si.C4H7.Pt/c1-10(2,3)13(11(4,5)6)12(7,8)9;1-4-7-10(8-5-2)9-6-3;1-3-4-2;/h1H2,2-9H3;4-6H2,1-3H3;3H,1-2,4H2;/q-1;;-1;/p+1. The van der Waals surface area contributed by atoms with Gasteiger partial charge in [0.25, 0.3) is 0 Å². The van der Waals surface area contributed by atoms with Crippen LogP contribution in [-0.2, 0) is 34.3 Å². The second-order valence-corrected chi connectivity index (χ2v) is 15.4. The van der Waals surface area contributed by atoms with Crippen molar-refractivity contribution in [3.05, 3.63) is 26.5 Å². The van der Waals surface area contributed by atoms with Gasteiger partial charge in [0.15, 0.2) is 0 Å². The molecule has 0 atom stereocenters. The minimum Gasteiger partial charge on any atom is -0.371 e. The predicted octanol–water partition coefficient (Wildman–Crippen LogP) is 6.89. The van der Waals surface area contributed by atoms with Gasteiger partial charge in [-0.05, 0) is 75.4 Å². The zero-order chi connectivity index (χ0) is 22.3. The summed E-state index contributed by atoms with van der Waals surface area (Å²) in [6.45, 7) is 37.8. The van der Waals surface area contributed by atoms with E-state index in [2.05, 4.69) is 75.8 Å². The van der Waals surface area contributed by atoms with E-state index in [0.29, 0.717) is 30.1 Å². The summed E-state index contributed by atoms with van der Waals surface area (Å²) in [4.78, 5) is 0. The molecule has 175 valence electrons. The fraction of sp³-hybridized carbons (Fsp3) is 0.818. The molecule has 0 bridgehead atoms. The van der Waals surface area contributed by atoms with Crippen LogP contribution in [0.3, 0.4) is 0 Å². The Morgan fingerprint density at radius 2 is 1.07 bits per heavy atom. The van der Waals surface area contributed by atoms with Crippen molar-refractivity contribution in [2.24, 2.45) is 0 Å². The smallest absolute Gasteiger partial charge is 0.371 e. The second-order valence-electron chi connectivity index (χ2n) is 8.89. The van der Waals surface area contributed by atoms with Crippen molar-refractivity contribution in [1.82, 2.24) is 0 Å². The molecular weight excluding hydrogens is 566 g/mol. The largest absolute Gasteiger partial charge is 0.577 e.